The first-order chi connectivity index (χ1) is 10.9. The van der Waals surface area contributed by atoms with Gasteiger partial charge in [0, 0.05) is 13.7 Å². The Balaban J connectivity index is 2.25. The fraction of sp³-hybridized carbons (Fsp3) is 0.667. The smallest absolute Gasteiger partial charge is 0.330 e. The van der Waals surface area contributed by atoms with Crippen LogP contribution in [-0.2, 0) is 11.3 Å². The molecule has 23 heavy (non-hydrogen) atoms. The second kappa shape index (κ2) is 7.56. The van der Waals surface area contributed by atoms with Crippen LogP contribution in [-0.4, -0.2) is 53.6 Å². The molecule has 0 amide bonds. The number of piperidine rings is 1. The zero-order valence-corrected chi connectivity index (χ0v) is 13.6. The summed E-state index contributed by atoms with van der Waals surface area (Å²) in [6, 6.07) is 0. The van der Waals surface area contributed by atoms with Gasteiger partial charge in [-0.25, -0.2) is 4.79 Å². The van der Waals surface area contributed by atoms with E-state index in [1.165, 1.54) is 7.11 Å². The molecule has 3 N–H and O–H groups in total. The molecular weight excluding hydrogens is 300 g/mol. The summed E-state index contributed by atoms with van der Waals surface area (Å²) >= 11 is 0. The maximum absolute atomic E-state index is 12.5. The molecule has 0 spiro atoms. The van der Waals surface area contributed by atoms with Gasteiger partial charge in [-0.3, -0.25) is 24.0 Å². The zero-order valence-electron chi connectivity index (χ0n) is 13.6. The van der Waals surface area contributed by atoms with E-state index < -0.39 is 11.2 Å². The summed E-state index contributed by atoms with van der Waals surface area (Å²) in [4.78, 5) is 40.5. The number of hydrogen-bond donors (Lipinski definition) is 2. The predicted molar refractivity (Wildman–Crippen MR) is 86.8 cm³/mol. The van der Waals surface area contributed by atoms with Crippen molar-refractivity contribution in [1.29, 1.82) is 0 Å². The number of aromatic nitrogens is 2. The van der Waals surface area contributed by atoms with Crippen LogP contribution in [0.4, 0.5) is 5.82 Å². The molecule has 0 aliphatic carbocycles. The molecule has 2 heterocycles. The van der Waals surface area contributed by atoms with Crippen molar-refractivity contribution in [2.45, 2.75) is 26.3 Å². The van der Waals surface area contributed by atoms with Crippen molar-refractivity contribution in [2.24, 2.45) is 5.92 Å². The van der Waals surface area contributed by atoms with Crippen molar-refractivity contribution in [3.8, 4) is 0 Å². The molecule has 1 aliphatic heterocycles. The zero-order chi connectivity index (χ0) is 17.0. The monoisotopic (exact) mass is 324 g/mol. The van der Waals surface area contributed by atoms with Crippen LogP contribution in [0, 0.1) is 5.92 Å². The topological polar surface area (TPSA) is 110 Å². The Morgan fingerprint density at radius 2 is 2.17 bits per heavy atom. The number of nitrogens with one attached hydrogen (secondary N) is 1. The number of hydrogen-bond acceptors (Lipinski definition) is 6. The Hall–Kier alpha value is -1.93. The van der Waals surface area contributed by atoms with Gasteiger partial charge in [-0.15, -0.1) is 0 Å². The van der Waals surface area contributed by atoms with Crippen molar-refractivity contribution >= 4 is 11.6 Å². The van der Waals surface area contributed by atoms with Gasteiger partial charge in [0.05, 0.1) is 19.7 Å². The number of Topliss-reactive ketones (excluding diaryl/α,β-unsaturated/α-hetero) is 1. The Labute approximate surface area is 134 Å². The van der Waals surface area contributed by atoms with Crippen LogP contribution in [0.3, 0.4) is 0 Å². The van der Waals surface area contributed by atoms with Gasteiger partial charge in [0.15, 0.2) is 5.78 Å². The van der Waals surface area contributed by atoms with E-state index in [4.69, 9.17) is 10.5 Å². The third-order valence-electron chi connectivity index (χ3n) is 4.15. The third kappa shape index (κ3) is 4.08. The molecule has 0 unspecified atom stereocenters. The number of nitrogens with zero attached hydrogens (tertiary/aromatic N) is 2. The minimum Gasteiger partial charge on any atom is -0.384 e. The second-order valence-electron chi connectivity index (χ2n) is 6.07. The Morgan fingerprint density at radius 1 is 1.43 bits per heavy atom. The van der Waals surface area contributed by atoms with E-state index in [0.717, 1.165) is 30.5 Å². The first kappa shape index (κ1) is 17.4. The summed E-state index contributed by atoms with van der Waals surface area (Å²) in [7, 11) is 1.50. The fourth-order valence-electron chi connectivity index (χ4n) is 2.97. The summed E-state index contributed by atoms with van der Waals surface area (Å²) in [6.45, 7) is 4.37. The first-order valence-corrected chi connectivity index (χ1v) is 7.81. The first-order valence-electron chi connectivity index (χ1n) is 7.81. The van der Waals surface area contributed by atoms with Gasteiger partial charge in [-0.05, 0) is 25.3 Å². The molecule has 8 heteroatoms. The van der Waals surface area contributed by atoms with Crippen molar-refractivity contribution < 1.29 is 9.53 Å². The number of anilines is 1. The number of ether oxygens (including phenoxy) is 1. The Bertz CT molecular complexity index is 679. The van der Waals surface area contributed by atoms with Gasteiger partial charge >= 0.3 is 5.69 Å². The summed E-state index contributed by atoms with van der Waals surface area (Å²) < 4.78 is 6.08. The van der Waals surface area contributed by atoms with Crippen molar-refractivity contribution in [1.82, 2.24) is 14.5 Å². The van der Waals surface area contributed by atoms with E-state index >= 15 is 0 Å². The molecule has 1 fully saturated rings. The summed E-state index contributed by atoms with van der Waals surface area (Å²) in [5, 5.41) is 0. The van der Waals surface area contributed by atoms with Gasteiger partial charge in [0.25, 0.3) is 5.56 Å². The fourth-order valence-corrected chi connectivity index (χ4v) is 2.97. The summed E-state index contributed by atoms with van der Waals surface area (Å²) in [5.41, 5.74) is 4.41. The number of rotatable bonds is 6. The summed E-state index contributed by atoms with van der Waals surface area (Å²) in [6.07, 6.45) is 2.18. The quantitative estimate of drug-likeness (QED) is 0.694. The maximum Gasteiger partial charge on any atom is 0.330 e. The van der Waals surface area contributed by atoms with Gasteiger partial charge in [-0.1, -0.05) is 6.92 Å². The van der Waals surface area contributed by atoms with E-state index in [1.807, 2.05) is 4.90 Å². The standard InChI is InChI=1S/C15H24N4O4/c1-10-4-3-5-18(8-10)9-11(20)12-13(16)19(6-7-23-2)15(22)17-14(12)21/h10H,3-9,16H2,1-2H3,(H,17,21,22)/t10-/m0/s1. The van der Waals surface area contributed by atoms with Crippen LogP contribution >= 0.6 is 0 Å². The number of nitrogens with two attached hydrogens (primary N) is 1. The molecule has 0 aromatic carbocycles. The van der Waals surface area contributed by atoms with Crippen molar-refractivity contribution in [3.05, 3.63) is 26.4 Å². The van der Waals surface area contributed by atoms with E-state index in [-0.39, 0.29) is 36.9 Å². The predicted octanol–water partition coefficient (Wildman–Crippen LogP) is -0.320. The molecule has 8 nitrogen and oxygen atoms in total. The SMILES string of the molecule is COCCn1c(N)c(C(=O)CN2CCC[C@H](C)C2)c(=O)[nH]c1=O. The van der Waals surface area contributed by atoms with Crippen LogP contribution < -0.4 is 17.0 Å². The van der Waals surface area contributed by atoms with Crippen molar-refractivity contribution in [2.75, 3.05) is 39.1 Å². The molecule has 1 aliphatic rings. The van der Waals surface area contributed by atoms with E-state index in [9.17, 15) is 14.4 Å². The number of likely N-dealkylation sites (tertiary alicyclic amines) is 1. The minimum atomic E-state index is -0.726. The van der Waals surface area contributed by atoms with Crippen molar-refractivity contribution in [3.63, 3.8) is 0 Å². The molecule has 128 valence electrons. The highest BCUT2D eigenvalue weighted by Crippen LogP contribution is 2.16. The average Bonchev–Trinajstić information content (AvgIpc) is 2.46. The average molecular weight is 324 g/mol. The summed E-state index contributed by atoms with van der Waals surface area (Å²) in [5.74, 6) is 0.0812. The Kier molecular flexibility index (Phi) is 5.73. The lowest BCUT2D eigenvalue weighted by molar-refractivity contribution is 0.0891. The molecule has 0 bridgehead atoms. The lowest BCUT2D eigenvalue weighted by atomic mass is 10.00. The molecule has 1 aromatic rings. The number of aromatic amines is 1. The van der Waals surface area contributed by atoms with Crippen LogP contribution in [0.5, 0.6) is 0 Å². The maximum atomic E-state index is 12.5. The van der Waals surface area contributed by atoms with E-state index in [0.29, 0.717) is 5.92 Å². The normalized spacial score (nSPS) is 19.0. The number of H-pyrrole nitrogens is 1. The number of methoxy groups -OCH3 is 1. The lowest BCUT2D eigenvalue weighted by Gasteiger charge is -2.30. The second-order valence-corrected chi connectivity index (χ2v) is 6.07. The molecule has 0 saturated carbocycles. The van der Waals surface area contributed by atoms with E-state index in [1.54, 1.807) is 0 Å². The molecular formula is C15H24N4O4. The van der Waals surface area contributed by atoms with E-state index in [2.05, 4.69) is 11.9 Å². The largest absolute Gasteiger partial charge is 0.384 e. The molecule has 2 rings (SSSR count). The van der Waals surface area contributed by atoms with Crippen LogP contribution in [0.25, 0.3) is 0 Å². The Morgan fingerprint density at radius 3 is 2.83 bits per heavy atom. The minimum absolute atomic E-state index is 0.0918. The van der Waals surface area contributed by atoms with Gasteiger partial charge in [0.1, 0.15) is 11.4 Å². The van der Waals surface area contributed by atoms with Gasteiger partial charge in [-0.2, -0.15) is 0 Å². The number of carbonyl (C=O) groups is 1. The van der Waals surface area contributed by atoms with Crippen LogP contribution in [0.1, 0.15) is 30.1 Å². The highest BCUT2D eigenvalue weighted by Gasteiger charge is 2.24. The third-order valence-corrected chi connectivity index (χ3v) is 4.15. The number of ketones is 1. The molecule has 1 saturated heterocycles. The van der Waals surface area contributed by atoms with Gasteiger partial charge in [0.2, 0.25) is 0 Å². The highest BCUT2D eigenvalue weighted by atomic mass is 16.5. The van der Waals surface area contributed by atoms with Crippen LogP contribution in [0.15, 0.2) is 9.59 Å². The molecule has 1 atom stereocenters. The highest BCUT2D eigenvalue weighted by molar-refractivity contribution is 6.01. The van der Waals surface area contributed by atoms with Gasteiger partial charge < -0.3 is 10.5 Å². The van der Waals surface area contributed by atoms with Crippen LogP contribution in [0.2, 0.25) is 0 Å². The number of nitrogen functional groups attached to an aromatic ring is 1. The molecule has 1 aromatic heterocycles. The molecule has 0 radical (unpaired) electrons. The number of carbonyl (C=O) groups excluding carboxylic acids is 1. The lowest BCUT2D eigenvalue weighted by Crippen LogP contribution is -2.42.